The van der Waals surface area contributed by atoms with Gasteiger partial charge in [-0.3, -0.25) is 9.48 Å². The number of aryl methyl sites for hydroxylation is 1. The molecule has 0 radical (unpaired) electrons. The van der Waals surface area contributed by atoms with Gasteiger partial charge in [0.1, 0.15) is 12.4 Å². The molecule has 6 nitrogen and oxygen atoms in total. The van der Waals surface area contributed by atoms with Crippen molar-refractivity contribution in [3.05, 3.63) is 82.1 Å². The van der Waals surface area contributed by atoms with Gasteiger partial charge in [0.25, 0.3) is 5.91 Å². The number of amides is 1. The lowest BCUT2D eigenvalue weighted by molar-refractivity contribution is 0.0954. The van der Waals surface area contributed by atoms with E-state index < -0.39 is 0 Å². The number of carbonyl (C=O) groups excluding carboxylic acids is 1. The first-order chi connectivity index (χ1) is 13.5. The predicted molar refractivity (Wildman–Crippen MR) is 112 cm³/mol. The molecule has 144 valence electrons. The summed E-state index contributed by atoms with van der Waals surface area (Å²) >= 11 is 3.40. The molecule has 3 rings (SSSR count). The zero-order chi connectivity index (χ0) is 19.9. The van der Waals surface area contributed by atoms with E-state index in [1.165, 1.54) is 0 Å². The van der Waals surface area contributed by atoms with Gasteiger partial charge in [-0.15, -0.1) is 0 Å². The van der Waals surface area contributed by atoms with Crippen LogP contribution in [0.4, 0.5) is 0 Å². The summed E-state index contributed by atoms with van der Waals surface area (Å²) in [5.74, 6) is 0.508. The number of hydrogen-bond donors (Lipinski definition) is 1. The number of hydrogen-bond acceptors (Lipinski definition) is 4. The molecule has 0 spiro atoms. The number of nitrogens with zero attached hydrogens (tertiary/aromatic N) is 3. The highest BCUT2D eigenvalue weighted by Gasteiger charge is 2.06. The molecule has 1 amide bonds. The van der Waals surface area contributed by atoms with Crippen LogP contribution < -0.4 is 10.2 Å². The van der Waals surface area contributed by atoms with Gasteiger partial charge in [-0.25, -0.2) is 5.43 Å². The molecular formula is C21H21BrN4O2. The minimum Gasteiger partial charge on any atom is -0.489 e. The highest BCUT2D eigenvalue weighted by molar-refractivity contribution is 9.10. The first kappa shape index (κ1) is 19.8. The number of benzene rings is 2. The van der Waals surface area contributed by atoms with E-state index >= 15 is 0 Å². The topological polar surface area (TPSA) is 68.5 Å². The molecule has 0 atom stereocenters. The van der Waals surface area contributed by atoms with Crippen LogP contribution in [0, 0.1) is 6.92 Å². The number of ether oxygens (including phenoxy) is 1. The van der Waals surface area contributed by atoms with E-state index in [4.69, 9.17) is 4.74 Å². The van der Waals surface area contributed by atoms with Crippen LogP contribution in [0.1, 0.15) is 28.5 Å². The van der Waals surface area contributed by atoms with Gasteiger partial charge in [-0.1, -0.05) is 28.1 Å². The van der Waals surface area contributed by atoms with Gasteiger partial charge < -0.3 is 4.74 Å². The van der Waals surface area contributed by atoms with E-state index in [-0.39, 0.29) is 5.91 Å². The Morgan fingerprint density at radius 3 is 2.71 bits per heavy atom. The SMILES string of the molecule is C/C(Cn1ccc(C)n1)=N\NC(=O)c1cccc(COc2ccc(Br)cc2)c1. The molecule has 0 saturated heterocycles. The fraction of sp³-hybridized carbons (Fsp3) is 0.190. The predicted octanol–water partition coefficient (Wildman–Crippen LogP) is 4.34. The van der Waals surface area contributed by atoms with E-state index in [1.807, 2.05) is 62.5 Å². The zero-order valence-electron chi connectivity index (χ0n) is 15.7. The first-order valence-electron chi connectivity index (χ1n) is 8.80. The molecular weight excluding hydrogens is 420 g/mol. The maximum Gasteiger partial charge on any atom is 0.271 e. The molecule has 0 saturated carbocycles. The standard InChI is InChI=1S/C21H21BrN4O2/c1-15-10-11-26(25-15)13-16(2)23-24-21(27)18-5-3-4-17(12-18)14-28-20-8-6-19(22)7-9-20/h3-12H,13-14H2,1-2H3,(H,24,27)/b23-16+. The Balaban J connectivity index is 1.57. The van der Waals surface area contributed by atoms with Gasteiger partial charge in [0.15, 0.2) is 0 Å². The zero-order valence-corrected chi connectivity index (χ0v) is 17.3. The van der Waals surface area contributed by atoms with Crippen molar-refractivity contribution in [2.75, 3.05) is 0 Å². The number of rotatable bonds is 7. The molecule has 2 aromatic carbocycles. The lowest BCUT2D eigenvalue weighted by Gasteiger charge is -2.08. The van der Waals surface area contributed by atoms with Crippen molar-refractivity contribution in [1.29, 1.82) is 0 Å². The largest absolute Gasteiger partial charge is 0.489 e. The van der Waals surface area contributed by atoms with Crippen LogP contribution in [-0.2, 0) is 13.2 Å². The second kappa shape index (κ2) is 9.32. The molecule has 3 aromatic rings. The van der Waals surface area contributed by atoms with Gasteiger partial charge in [0, 0.05) is 16.2 Å². The average molecular weight is 441 g/mol. The second-order valence-corrected chi connectivity index (χ2v) is 7.30. The highest BCUT2D eigenvalue weighted by Crippen LogP contribution is 2.17. The minimum atomic E-state index is -0.263. The molecule has 1 aromatic heterocycles. The van der Waals surface area contributed by atoms with Crippen LogP contribution in [-0.4, -0.2) is 21.4 Å². The Bertz CT molecular complexity index is 980. The van der Waals surface area contributed by atoms with Gasteiger partial charge in [0.2, 0.25) is 0 Å². The van der Waals surface area contributed by atoms with Crippen LogP contribution in [0.25, 0.3) is 0 Å². The minimum absolute atomic E-state index is 0.263. The smallest absolute Gasteiger partial charge is 0.271 e. The summed E-state index contributed by atoms with van der Waals surface area (Å²) in [6, 6.07) is 16.8. The van der Waals surface area contributed by atoms with Crippen molar-refractivity contribution in [2.45, 2.75) is 27.0 Å². The van der Waals surface area contributed by atoms with E-state index in [1.54, 1.807) is 16.8 Å². The Kier molecular flexibility index (Phi) is 6.60. The van der Waals surface area contributed by atoms with E-state index in [0.717, 1.165) is 27.2 Å². The summed E-state index contributed by atoms with van der Waals surface area (Å²) in [6.07, 6.45) is 1.88. The molecule has 1 N–H and O–H groups in total. The third-order valence-corrected chi connectivity index (χ3v) is 4.45. The van der Waals surface area contributed by atoms with Crippen molar-refractivity contribution in [3.8, 4) is 5.75 Å². The van der Waals surface area contributed by atoms with Crippen LogP contribution in [0.5, 0.6) is 5.75 Å². The van der Waals surface area contributed by atoms with E-state index in [2.05, 4.69) is 31.6 Å². The van der Waals surface area contributed by atoms with E-state index in [9.17, 15) is 4.79 Å². The second-order valence-electron chi connectivity index (χ2n) is 6.39. The summed E-state index contributed by atoms with van der Waals surface area (Å²) in [6.45, 7) is 4.68. The van der Waals surface area contributed by atoms with Crippen molar-refractivity contribution in [3.63, 3.8) is 0 Å². The third kappa shape index (κ3) is 5.79. The van der Waals surface area contributed by atoms with Gasteiger partial charge >= 0.3 is 0 Å². The van der Waals surface area contributed by atoms with Crippen molar-refractivity contribution < 1.29 is 9.53 Å². The van der Waals surface area contributed by atoms with Crippen molar-refractivity contribution in [1.82, 2.24) is 15.2 Å². The fourth-order valence-electron chi connectivity index (χ4n) is 2.53. The summed E-state index contributed by atoms with van der Waals surface area (Å²) in [5, 5.41) is 8.46. The van der Waals surface area contributed by atoms with E-state index in [0.29, 0.717) is 18.7 Å². The summed E-state index contributed by atoms with van der Waals surface area (Å²) in [5.41, 5.74) is 5.73. The van der Waals surface area contributed by atoms with Crippen LogP contribution in [0.3, 0.4) is 0 Å². The van der Waals surface area contributed by atoms with Crippen molar-refractivity contribution in [2.24, 2.45) is 5.10 Å². The fourth-order valence-corrected chi connectivity index (χ4v) is 2.80. The highest BCUT2D eigenvalue weighted by atomic mass is 79.9. The van der Waals surface area contributed by atoms with Gasteiger partial charge in [-0.05, 0) is 61.9 Å². The van der Waals surface area contributed by atoms with Crippen LogP contribution in [0.2, 0.25) is 0 Å². The van der Waals surface area contributed by atoms with Crippen LogP contribution >= 0.6 is 15.9 Å². The molecule has 0 unspecified atom stereocenters. The number of hydrazone groups is 1. The number of aromatic nitrogens is 2. The molecule has 0 aliphatic heterocycles. The lowest BCUT2D eigenvalue weighted by atomic mass is 10.1. The van der Waals surface area contributed by atoms with Crippen LogP contribution in [0.15, 0.2) is 70.4 Å². The molecule has 28 heavy (non-hydrogen) atoms. The van der Waals surface area contributed by atoms with Gasteiger partial charge in [0.05, 0.1) is 18.0 Å². The Morgan fingerprint density at radius 1 is 1.21 bits per heavy atom. The first-order valence-corrected chi connectivity index (χ1v) is 9.60. The third-order valence-electron chi connectivity index (χ3n) is 3.92. The Hall–Kier alpha value is -2.93. The maximum absolute atomic E-state index is 12.4. The summed E-state index contributed by atoms with van der Waals surface area (Å²) in [7, 11) is 0. The quantitative estimate of drug-likeness (QED) is 0.438. The lowest BCUT2D eigenvalue weighted by Crippen LogP contribution is -2.21. The molecule has 1 heterocycles. The molecule has 7 heteroatoms. The molecule has 0 aliphatic rings. The van der Waals surface area contributed by atoms with Crippen molar-refractivity contribution >= 4 is 27.5 Å². The molecule has 0 bridgehead atoms. The average Bonchev–Trinajstić information content (AvgIpc) is 3.10. The number of nitrogens with one attached hydrogen (secondary N) is 1. The normalized spacial score (nSPS) is 11.3. The molecule has 0 fully saturated rings. The summed E-state index contributed by atoms with van der Waals surface area (Å²) in [4.78, 5) is 12.4. The summed E-state index contributed by atoms with van der Waals surface area (Å²) < 4.78 is 8.53. The Labute approximate surface area is 172 Å². The Morgan fingerprint density at radius 2 is 2.00 bits per heavy atom. The monoisotopic (exact) mass is 440 g/mol. The number of carbonyl (C=O) groups is 1. The maximum atomic E-state index is 12.4. The van der Waals surface area contributed by atoms with Gasteiger partial charge in [-0.2, -0.15) is 10.2 Å². The number of halogens is 1. The molecule has 0 aliphatic carbocycles.